The fraction of sp³-hybridized carbons (Fsp3) is 0.190. The average molecular weight is 494 g/mol. The van der Waals surface area contributed by atoms with Crippen molar-refractivity contribution in [3.05, 3.63) is 60.4 Å². The Balaban J connectivity index is 1.84. The highest BCUT2D eigenvalue weighted by Gasteiger charge is 2.61. The number of amides is 2. The Labute approximate surface area is 195 Å². The van der Waals surface area contributed by atoms with Gasteiger partial charge in [0.15, 0.2) is 11.5 Å². The quantitative estimate of drug-likeness (QED) is 0.447. The molecule has 184 valence electrons. The Morgan fingerprint density at radius 1 is 1.11 bits per heavy atom. The van der Waals surface area contributed by atoms with Crippen LogP contribution in [0.3, 0.4) is 0 Å². The van der Waals surface area contributed by atoms with Gasteiger partial charge in [-0.3, -0.25) is 10.3 Å². The first-order valence-corrected chi connectivity index (χ1v) is 9.82. The van der Waals surface area contributed by atoms with Crippen LogP contribution in [0.15, 0.2) is 54.6 Å². The second-order valence-corrected chi connectivity index (χ2v) is 7.18. The number of primary amides is 1. The maximum absolute atomic E-state index is 14.5. The Morgan fingerprint density at radius 3 is 2.37 bits per heavy atom. The molecular weight excluding hydrogens is 476 g/mol. The van der Waals surface area contributed by atoms with E-state index >= 15 is 0 Å². The maximum Gasteiger partial charge on any atom is 0.448 e. The predicted molar refractivity (Wildman–Crippen MR) is 115 cm³/mol. The predicted octanol–water partition coefficient (Wildman–Crippen LogP) is 2.96. The van der Waals surface area contributed by atoms with Crippen molar-refractivity contribution >= 4 is 22.6 Å². The first-order valence-electron chi connectivity index (χ1n) is 9.82. The number of methoxy groups -OCH3 is 2. The van der Waals surface area contributed by atoms with Crippen LogP contribution in [-0.2, 0) is 0 Å². The molecule has 10 nitrogen and oxygen atoms in total. The summed E-state index contributed by atoms with van der Waals surface area (Å²) in [6.45, 7) is 0. The summed E-state index contributed by atoms with van der Waals surface area (Å²) in [7, 11) is 2.75. The van der Waals surface area contributed by atoms with Crippen LogP contribution in [0.5, 0.6) is 17.4 Å². The first-order chi connectivity index (χ1) is 16.6. The van der Waals surface area contributed by atoms with Crippen molar-refractivity contribution in [1.82, 2.24) is 20.7 Å². The third-order valence-corrected chi connectivity index (χ3v) is 4.98. The van der Waals surface area contributed by atoms with Gasteiger partial charge < -0.3 is 19.9 Å². The van der Waals surface area contributed by atoms with Crippen molar-refractivity contribution in [2.24, 2.45) is 5.73 Å². The number of nitrogens with two attached hydrogens (primary N) is 1. The van der Waals surface area contributed by atoms with Gasteiger partial charge in [0.25, 0.3) is 5.72 Å². The number of rotatable bonds is 6. The molecule has 1 atom stereocenters. The second-order valence-electron chi connectivity index (χ2n) is 7.18. The monoisotopic (exact) mass is 494 g/mol. The molecule has 0 fully saturated rings. The second kappa shape index (κ2) is 8.79. The van der Waals surface area contributed by atoms with E-state index in [1.54, 1.807) is 0 Å². The standard InChI is InChI=1S/C21H18F4N6O4/c1-33-15-7-13-14(8-16(15)34-2)27-10-28-18(13)35-20(21(23,24)25)9-17(29-19(26)32)31(30-20)12-5-3-11(22)4-6-12/h3-10,30H,1-2H3,(H3,26,29,32). The van der Waals surface area contributed by atoms with Crippen LogP contribution in [0.1, 0.15) is 0 Å². The summed E-state index contributed by atoms with van der Waals surface area (Å²) in [5.41, 5.74) is 4.39. The SMILES string of the molecule is COc1cc2ncnc(OC3(C(F)(F)F)C=C(NC(N)=O)N(c4ccc(F)cc4)N3)c2cc1OC. The third-order valence-electron chi connectivity index (χ3n) is 4.98. The van der Waals surface area contributed by atoms with Crippen LogP contribution in [0.25, 0.3) is 10.9 Å². The maximum atomic E-state index is 14.5. The summed E-state index contributed by atoms with van der Waals surface area (Å²) in [5.74, 6) is -0.962. The summed E-state index contributed by atoms with van der Waals surface area (Å²) in [6.07, 6.45) is -3.48. The number of urea groups is 1. The number of fused-ring (bicyclic) bond motifs is 1. The molecule has 2 amide bonds. The summed E-state index contributed by atoms with van der Waals surface area (Å²) in [4.78, 5) is 19.4. The highest BCUT2D eigenvalue weighted by molar-refractivity contribution is 5.87. The van der Waals surface area contributed by atoms with Crippen molar-refractivity contribution in [2.75, 3.05) is 19.2 Å². The van der Waals surface area contributed by atoms with Gasteiger partial charge in [0.05, 0.1) is 30.8 Å². The van der Waals surface area contributed by atoms with E-state index < -0.39 is 35.5 Å². The van der Waals surface area contributed by atoms with Crippen LogP contribution in [-0.4, -0.2) is 42.1 Å². The van der Waals surface area contributed by atoms with Crippen LogP contribution >= 0.6 is 0 Å². The van der Waals surface area contributed by atoms with E-state index in [2.05, 4.69) is 20.7 Å². The lowest BCUT2D eigenvalue weighted by atomic mass is 10.2. The molecule has 3 aromatic rings. The van der Waals surface area contributed by atoms with E-state index in [-0.39, 0.29) is 22.3 Å². The van der Waals surface area contributed by atoms with Crippen LogP contribution in [0.4, 0.5) is 28.0 Å². The molecule has 1 unspecified atom stereocenters. The van der Waals surface area contributed by atoms with E-state index in [1.807, 2.05) is 0 Å². The molecule has 1 aromatic heterocycles. The lowest BCUT2D eigenvalue weighted by Gasteiger charge is -2.33. The van der Waals surface area contributed by atoms with Crippen LogP contribution < -0.4 is 35.7 Å². The fourth-order valence-electron chi connectivity index (χ4n) is 3.38. The zero-order chi connectivity index (χ0) is 25.4. The molecule has 0 bridgehead atoms. The Morgan fingerprint density at radius 2 is 1.77 bits per heavy atom. The fourth-order valence-corrected chi connectivity index (χ4v) is 3.38. The molecule has 0 aliphatic carbocycles. The number of halogens is 4. The number of anilines is 1. The molecule has 4 rings (SSSR count). The van der Waals surface area contributed by atoms with Gasteiger partial charge in [0, 0.05) is 12.1 Å². The average Bonchev–Trinajstić information content (AvgIpc) is 3.17. The Kier molecular flexibility index (Phi) is 5.98. The smallest absolute Gasteiger partial charge is 0.448 e. The van der Waals surface area contributed by atoms with Gasteiger partial charge in [-0.15, -0.1) is 0 Å². The van der Waals surface area contributed by atoms with Crippen molar-refractivity contribution in [1.29, 1.82) is 0 Å². The first kappa shape index (κ1) is 23.8. The summed E-state index contributed by atoms with van der Waals surface area (Å²) in [5, 5.41) is 3.05. The van der Waals surface area contributed by atoms with E-state index in [4.69, 9.17) is 19.9 Å². The minimum absolute atomic E-state index is 0.0556. The summed E-state index contributed by atoms with van der Waals surface area (Å²) < 4.78 is 72.7. The minimum Gasteiger partial charge on any atom is -0.493 e. The van der Waals surface area contributed by atoms with E-state index in [0.29, 0.717) is 11.8 Å². The van der Waals surface area contributed by atoms with Gasteiger partial charge in [-0.1, -0.05) is 0 Å². The van der Waals surface area contributed by atoms with E-state index in [1.165, 1.54) is 38.5 Å². The largest absolute Gasteiger partial charge is 0.493 e. The topological polar surface area (TPSA) is 124 Å². The number of hydrogen-bond acceptors (Lipinski definition) is 8. The lowest BCUT2D eigenvalue weighted by molar-refractivity contribution is -0.238. The number of aromatic nitrogens is 2. The number of benzene rings is 2. The molecule has 1 aliphatic rings. The third kappa shape index (κ3) is 4.42. The van der Waals surface area contributed by atoms with Gasteiger partial charge in [-0.25, -0.2) is 19.2 Å². The molecule has 0 spiro atoms. The highest BCUT2D eigenvalue weighted by Crippen LogP contribution is 2.42. The molecular formula is C21H18F4N6O4. The lowest BCUT2D eigenvalue weighted by Crippen LogP contribution is -2.61. The van der Waals surface area contributed by atoms with Gasteiger partial charge >= 0.3 is 12.2 Å². The van der Waals surface area contributed by atoms with Crippen molar-refractivity contribution in [3.8, 4) is 17.4 Å². The number of nitrogens with zero attached hydrogens (tertiary/aromatic N) is 3. The number of ether oxygens (including phenoxy) is 3. The summed E-state index contributed by atoms with van der Waals surface area (Å²) in [6, 6.07) is 6.15. The number of carbonyl (C=O) groups is 1. The number of carbonyl (C=O) groups excluding carboxylic acids is 1. The number of hydrazine groups is 1. The minimum atomic E-state index is -5.08. The molecule has 0 saturated carbocycles. The van der Waals surface area contributed by atoms with Crippen LogP contribution in [0, 0.1) is 5.82 Å². The highest BCUT2D eigenvalue weighted by atomic mass is 19.4. The van der Waals surface area contributed by atoms with Gasteiger partial charge in [-0.05, 0) is 30.3 Å². The molecule has 1 aliphatic heterocycles. The Bertz CT molecular complexity index is 1300. The van der Waals surface area contributed by atoms with Gasteiger partial charge in [0.2, 0.25) is 5.88 Å². The number of hydrogen-bond donors (Lipinski definition) is 3. The van der Waals surface area contributed by atoms with Crippen molar-refractivity contribution in [3.63, 3.8) is 0 Å². The Hall–Kier alpha value is -4.33. The molecule has 4 N–H and O–H groups in total. The van der Waals surface area contributed by atoms with E-state index in [0.717, 1.165) is 23.5 Å². The molecule has 35 heavy (non-hydrogen) atoms. The molecule has 2 aromatic carbocycles. The molecule has 2 heterocycles. The number of alkyl halides is 3. The van der Waals surface area contributed by atoms with Crippen molar-refractivity contribution in [2.45, 2.75) is 11.9 Å². The zero-order valence-electron chi connectivity index (χ0n) is 18.2. The van der Waals surface area contributed by atoms with Gasteiger partial charge in [0.1, 0.15) is 18.0 Å². The van der Waals surface area contributed by atoms with Gasteiger partial charge in [-0.2, -0.15) is 18.6 Å². The van der Waals surface area contributed by atoms with E-state index in [9.17, 15) is 22.4 Å². The molecule has 0 saturated heterocycles. The van der Waals surface area contributed by atoms with Crippen molar-refractivity contribution < 1.29 is 36.6 Å². The van der Waals surface area contributed by atoms with Crippen LogP contribution in [0.2, 0.25) is 0 Å². The summed E-state index contributed by atoms with van der Waals surface area (Å²) >= 11 is 0. The molecule has 14 heteroatoms. The normalized spacial score (nSPS) is 17.8. The number of nitrogens with one attached hydrogen (secondary N) is 2. The zero-order valence-corrected chi connectivity index (χ0v) is 18.2. The molecule has 0 radical (unpaired) electrons.